The topological polar surface area (TPSA) is 79.2 Å². The summed E-state index contributed by atoms with van der Waals surface area (Å²) in [5.41, 5.74) is 0. The maximum Gasteiger partial charge on any atom is 0.160 e. The third kappa shape index (κ3) is 3.18. The Labute approximate surface area is 83.3 Å². The Hall–Kier alpha value is -0.200. The molecule has 5 nitrogen and oxygen atoms in total. The predicted molar refractivity (Wildman–Crippen MR) is 48.6 cm³/mol. The van der Waals surface area contributed by atoms with Crippen molar-refractivity contribution in [3.63, 3.8) is 0 Å². The summed E-state index contributed by atoms with van der Waals surface area (Å²) < 4.78 is 10.4. The molecule has 0 spiro atoms. The summed E-state index contributed by atoms with van der Waals surface area (Å²) >= 11 is 0. The molecule has 1 aliphatic heterocycles. The predicted octanol–water partition coefficient (Wildman–Crippen LogP) is -0.760. The number of hydrogen-bond donors (Lipinski definition) is 3. The van der Waals surface area contributed by atoms with Crippen LogP contribution in [0.4, 0.5) is 0 Å². The Morgan fingerprint density at radius 3 is 2.57 bits per heavy atom. The standard InChI is InChI=1S/C9H18O5/c1-5(10)8(12)4-13-9-3-7(11)6(2)14-9/h5-12H,3-4H2,1-2H3/t5?,6?,7-,8+,9?/m1/s1. The molecule has 0 bridgehead atoms. The summed E-state index contributed by atoms with van der Waals surface area (Å²) in [6, 6.07) is 0. The fourth-order valence-corrected chi connectivity index (χ4v) is 1.23. The van der Waals surface area contributed by atoms with Gasteiger partial charge in [0.25, 0.3) is 0 Å². The molecule has 0 radical (unpaired) electrons. The lowest BCUT2D eigenvalue weighted by atomic mass is 10.2. The zero-order valence-electron chi connectivity index (χ0n) is 8.46. The van der Waals surface area contributed by atoms with Gasteiger partial charge in [0.15, 0.2) is 6.29 Å². The van der Waals surface area contributed by atoms with E-state index in [1.54, 1.807) is 6.92 Å². The Bertz CT molecular complexity index is 163. The molecule has 0 aromatic rings. The Morgan fingerprint density at radius 2 is 2.14 bits per heavy atom. The maximum absolute atomic E-state index is 9.33. The average molecular weight is 206 g/mol. The minimum atomic E-state index is -0.911. The molecule has 0 aliphatic carbocycles. The van der Waals surface area contributed by atoms with Gasteiger partial charge in [0, 0.05) is 6.42 Å². The van der Waals surface area contributed by atoms with Crippen molar-refractivity contribution in [2.45, 2.75) is 51.0 Å². The van der Waals surface area contributed by atoms with Gasteiger partial charge in [-0.1, -0.05) is 0 Å². The van der Waals surface area contributed by atoms with Crippen molar-refractivity contribution in [3.8, 4) is 0 Å². The number of rotatable bonds is 4. The molecule has 1 aliphatic rings. The highest BCUT2D eigenvalue weighted by atomic mass is 16.7. The molecular formula is C9H18O5. The number of hydrogen-bond acceptors (Lipinski definition) is 5. The van der Waals surface area contributed by atoms with Gasteiger partial charge >= 0.3 is 0 Å². The van der Waals surface area contributed by atoms with Crippen LogP contribution in [-0.4, -0.2) is 52.6 Å². The highest BCUT2D eigenvalue weighted by Gasteiger charge is 2.31. The van der Waals surface area contributed by atoms with E-state index in [1.807, 2.05) is 0 Å². The van der Waals surface area contributed by atoms with E-state index in [4.69, 9.17) is 14.6 Å². The number of aliphatic hydroxyl groups is 3. The van der Waals surface area contributed by atoms with E-state index >= 15 is 0 Å². The van der Waals surface area contributed by atoms with Crippen LogP contribution in [0.1, 0.15) is 20.3 Å². The fraction of sp³-hybridized carbons (Fsp3) is 1.00. The minimum absolute atomic E-state index is 0.0156. The summed E-state index contributed by atoms with van der Waals surface area (Å²) in [6.07, 6.45) is -2.54. The largest absolute Gasteiger partial charge is 0.391 e. The van der Waals surface area contributed by atoms with E-state index in [1.165, 1.54) is 6.92 Å². The van der Waals surface area contributed by atoms with Gasteiger partial charge in [0.2, 0.25) is 0 Å². The van der Waals surface area contributed by atoms with E-state index in [9.17, 15) is 10.2 Å². The summed E-state index contributed by atoms with van der Waals surface area (Å²) in [5, 5.41) is 27.5. The monoisotopic (exact) mass is 206 g/mol. The molecule has 84 valence electrons. The molecule has 5 heteroatoms. The molecule has 1 heterocycles. The molecule has 3 N–H and O–H groups in total. The van der Waals surface area contributed by atoms with Crippen molar-refractivity contribution in [2.24, 2.45) is 0 Å². The van der Waals surface area contributed by atoms with Crippen molar-refractivity contribution in [3.05, 3.63) is 0 Å². The third-order valence-corrected chi connectivity index (χ3v) is 2.35. The van der Waals surface area contributed by atoms with E-state index in [0.29, 0.717) is 6.42 Å². The van der Waals surface area contributed by atoms with E-state index in [0.717, 1.165) is 0 Å². The Kier molecular flexibility index (Phi) is 4.28. The third-order valence-electron chi connectivity index (χ3n) is 2.35. The maximum atomic E-state index is 9.33. The summed E-state index contributed by atoms with van der Waals surface area (Å²) in [6.45, 7) is 3.27. The van der Waals surface area contributed by atoms with Crippen LogP contribution in [0.3, 0.4) is 0 Å². The normalized spacial score (nSPS) is 37.1. The number of ether oxygens (including phenoxy) is 2. The molecule has 3 unspecified atom stereocenters. The fourth-order valence-electron chi connectivity index (χ4n) is 1.23. The molecule has 1 fully saturated rings. The number of aliphatic hydroxyl groups excluding tert-OH is 3. The van der Waals surface area contributed by atoms with Gasteiger partial charge in [-0.15, -0.1) is 0 Å². The van der Waals surface area contributed by atoms with Crippen LogP contribution in [0, 0.1) is 0 Å². The van der Waals surface area contributed by atoms with Crippen LogP contribution >= 0.6 is 0 Å². The second kappa shape index (κ2) is 5.04. The molecule has 14 heavy (non-hydrogen) atoms. The van der Waals surface area contributed by atoms with Gasteiger partial charge in [-0.2, -0.15) is 0 Å². The van der Waals surface area contributed by atoms with E-state index in [-0.39, 0.29) is 12.7 Å². The van der Waals surface area contributed by atoms with Gasteiger partial charge in [-0.05, 0) is 13.8 Å². The molecule has 1 rings (SSSR count). The van der Waals surface area contributed by atoms with Crippen LogP contribution in [0.5, 0.6) is 0 Å². The molecule has 5 atom stereocenters. The molecule has 0 saturated carbocycles. The second-order valence-electron chi connectivity index (χ2n) is 3.72. The van der Waals surface area contributed by atoms with Crippen LogP contribution in [0.15, 0.2) is 0 Å². The van der Waals surface area contributed by atoms with Gasteiger partial charge in [0.1, 0.15) is 6.10 Å². The van der Waals surface area contributed by atoms with E-state index < -0.39 is 24.6 Å². The lowest BCUT2D eigenvalue weighted by Crippen LogP contribution is -2.30. The molecule has 0 aromatic heterocycles. The first kappa shape index (κ1) is 11.9. The van der Waals surface area contributed by atoms with Crippen molar-refractivity contribution in [2.75, 3.05) is 6.61 Å². The van der Waals surface area contributed by atoms with Gasteiger partial charge < -0.3 is 24.8 Å². The smallest absolute Gasteiger partial charge is 0.160 e. The first-order valence-electron chi connectivity index (χ1n) is 4.82. The average Bonchev–Trinajstić information content (AvgIpc) is 2.42. The summed E-state index contributed by atoms with van der Waals surface area (Å²) in [7, 11) is 0. The van der Waals surface area contributed by atoms with Crippen molar-refractivity contribution in [1.29, 1.82) is 0 Å². The summed E-state index contributed by atoms with van der Waals surface area (Å²) in [4.78, 5) is 0. The SMILES string of the molecule is CC1OC(OC[C@H](O)C(C)O)C[C@H]1O. The second-order valence-corrected chi connectivity index (χ2v) is 3.72. The highest BCUT2D eigenvalue weighted by Crippen LogP contribution is 2.20. The Morgan fingerprint density at radius 1 is 1.50 bits per heavy atom. The lowest BCUT2D eigenvalue weighted by molar-refractivity contribution is -0.156. The molecule has 0 aromatic carbocycles. The van der Waals surface area contributed by atoms with Crippen LogP contribution in [0.25, 0.3) is 0 Å². The van der Waals surface area contributed by atoms with Crippen molar-refractivity contribution >= 4 is 0 Å². The van der Waals surface area contributed by atoms with Gasteiger partial charge in [0.05, 0.1) is 24.9 Å². The minimum Gasteiger partial charge on any atom is -0.391 e. The van der Waals surface area contributed by atoms with Crippen LogP contribution < -0.4 is 0 Å². The Balaban J connectivity index is 2.20. The molecule has 0 amide bonds. The van der Waals surface area contributed by atoms with E-state index in [2.05, 4.69) is 0 Å². The zero-order valence-corrected chi connectivity index (χ0v) is 8.46. The van der Waals surface area contributed by atoms with Crippen molar-refractivity contribution in [1.82, 2.24) is 0 Å². The molecular weight excluding hydrogens is 188 g/mol. The van der Waals surface area contributed by atoms with Crippen molar-refractivity contribution < 1.29 is 24.8 Å². The van der Waals surface area contributed by atoms with Crippen LogP contribution in [0.2, 0.25) is 0 Å². The highest BCUT2D eigenvalue weighted by molar-refractivity contribution is 4.74. The lowest BCUT2D eigenvalue weighted by Gasteiger charge is -2.17. The molecule has 1 saturated heterocycles. The summed E-state index contributed by atoms with van der Waals surface area (Å²) in [5.74, 6) is 0. The first-order chi connectivity index (χ1) is 6.50. The van der Waals surface area contributed by atoms with Gasteiger partial charge in [-0.25, -0.2) is 0 Å². The van der Waals surface area contributed by atoms with Gasteiger partial charge in [-0.3, -0.25) is 0 Å². The van der Waals surface area contributed by atoms with Crippen LogP contribution in [-0.2, 0) is 9.47 Å². The quantitative estimate of drug-likeness (QED) is 0.563. The zero-order chi connectivity index (χ0) is 10.7. The first-order valence-corrected chi connectivity index (χ1v) is 4.82.